The quantitative estimate of drug-likeness (QED) is 0.372. The minimum atomic E-state index is -0.143. The first-order chi connectivity index (χ1) is 14.8. The molecule has 3 fully saturated rings. The summed E-state index contributed by atoms with van der Waals surface area (Å²) in [5.41, 5.74) is 3.00. The molecule has 3 heteroatoms. The number of hydrogen-bond acceptors (Lipinski definition) is 2. The standard InChI is InChI=1S/C28H35BrO2/c1-27-14-12-21(30)17-19(27)7-8-22-23-9-10-25(28(23,2)15-13-24(22)27)26(31)11-6-18-4-3-5-20(29)16-18/h3-7,11,16,21-25,30H,8-10,12-15,17H2,1-2H3/b11-6+/t21-,22-,23-,24-,25+,27-,28-/m0/s1. The van der Waals surface area contributed by atoms with E-state index >= 15 is 0 Å². The summed E-state index contributed by atoms with van der Waals surface area (Å²) in [5.74, 6) is 2.57. The van der Waals surface area contributed by atoms with Crippen molar-refractivity contribution in [2.24, 2.45) is 34.5 Å². The second kappa shape index (κ2) is 7.99. The minimum absolute atomic E-state index is 0.135. The number of aliphatic hydroxyl groups is 1. The summed E-state index contributed by atoms with van der Waals surface area (Å²) < 4.78 is 1.04. The molecule has 5 rings (SSSR count). The van der Waals surface area contributed by atoms with E-state index in [2.05, 4.69) is 41.9 Å². The predicted molar refractivity (Wildman–Crippen MR) is 129 cm³/mol. The molecule has 0 amide bonds. The zero-order chi connectivity index (χ0) is 21.8. The van der Waals surface area contributed by atoms with E-state index < -0.39 is 0 Å². The van der Waals surface area contributed by atoms with Crippen LogP contribution in [0.5, 0.6) is 0 Å². The fourth-order valence-corrected chi connectivity index (χ4v) is 8.43. The lowest BCUT2D eigenvalue weighted by Crippen LogP contribution is -2.50. The Labute approximate surface area is 195 Å². The molecule has 2 nitrogen and oxygen atoms in total. The lowest BCUT2D eigenvalue weighted by Gasteiger charge is -2.57. The second-order valence-corrected chi connectivity index (χ2v) is 12.0. The van der Waals surface area contributed by atoms with Crippen LogP contribution in [0, 0.1) is 34.5 Å². The molecule has 4 aliphatic carbocycles. The highest BCUT2D eigenvalue weighted by Crippen LogP contribution is 2.66. The van der Waals surface area contributed by atoms with Gasteiger partial charge in [-0.1, -0.05) is 59.6 Å². The summed E-state index contributed by atoms with van der Waals surface area (Å²) in [4.78, 5) is 13.3. The zero-order valence-electron chi connectivity index (χ0n) is 18.8. The molecule has 0 spiro atoms. The van der Waals surface area contributed by atoms with Crippen molar-refractivity contribution in [2.75, 3.05) is 0 Å². The molecule has 7 atom stereocenters. The molecule has 0 radical (unpaired) electrons. The largest absolute Gasteiger partial charge is 0.393 e. The van der Waals surface area contributed by atoms with Crippen LogP contribution in [0.4, 0.5) is 0 Å². The number of ketones is 1. The Hall–Kier alpha value is -1.19. The summed E-state index contributed by atoms with van der Waals surface area (Å²) >= 11 is 3.52. The number of carbonyl (C=O) groups excluding carboxylic acids is 1. The second-order valence-electron chi connectivity index (χ2n) is 11.1. The van der Waals surface area contributed by atoms with Gasteiger partial charge in [0.1, 0.15) is 0 Å². The van der Waals surface area contributed by atoms with Crippen molar-refractivity contribution in [1.82, 2.24) is 0 Å². The molecule has 31 heavy (non-hydrogen) atoms. The van der Waals surface area contributed by atoms with Crippen LogP contribution in [0.15, 0.2) is 46.5 Å². The average molecular weight is 483 g/mol. The Morgan fingerprint density at radius 1 is 1.13 bits per heavy atom. The van der Waals surface area contributed by atoms with Gasteiger partial charge in [0.05, 0.1) is 6.10 Å². The van der Waals surface area contributed by atoms with Gasteiger partial charge in [0, 0.05) is 10.4 Å². The highest BCUT2D eigenvalue weighted by Gasteiger charge is 2.59. The van der Waals surface area contributed by atoms with E-state index in [0.29, 0.717) is 17.6 Å². The van der Waals surface area contributed by atoms with Crippen molar-refractivity contribution in [3.63, 3.8) is 0 Å². The van der Waals surface area contributed by atoms with E-state index in [0.717, 1.165) is 48.1 Å². The van der Waals surface area contributed by atoms with Crippen LogP contribution in [-0.2, 0) is 4.79 Å². The highest BCUT2D eigenvalue weighted by atomic mass is 79.9. The summed E-state index contributed by atoms with van der Waals surface area (Å²) in [6, 6.07) is 8.13. The maximum Gasteiger partial charge on any atom is 0.159 e. The summed E-state index contributed by atoms with van der Waals surface area (Å²) in [5, 5.41) is 10.2. The number of rotatable bonds is 3. The van der Waals surface area contributed by atoms with Gasteiger partial charge in [0.15, 0.2) is 5.78 Å². The third-order valence-electron chi connectivity index (χ3n) is 9.71. The fraction of sp³-hybridized carbons (Fsp3) is 0.607. The molecular weight excluding hydrogens is 448 g/mol. The maximum absolute atomic E-state index is 13.3. The van der Waals surface area contributed by atoms with Crippen LogP contribution in [0.1, 0.15) is 70.8 Å². The Morgan fingerprint density at radius 3 is 2.77 bits per heavy atom. The number of benzene rings is 1. The summed E-state index contributed by atoms with van der Waals surface area (Å²) in [7, 11) is 0. The van der Waals surface area contributed by atoms with Crippen LogP contribution < -0.4 is 0 Å². The van der Waals surface area contributed by atoms with Crippen LogP contribution in [0.2, 0.25) is 0 Å². The van der Waals surface area contributed by atoms with E-state index in [1.807, 2.05) is 30.4 Å². The monoisotopic (exact) mass is 482 g/mol. The number of allylic oxidation sites excluding steroid dienone is 2. The van der Waals surface area contributed by atoms with E-state index in [-0.39, 0.29) is 22.9 Å². The van der Waals surface area contributed by atoms with Crippen LogP contribution in [0.25, 0.3) is 6.08 Å². The fourth-order valence-electron chi connectivity index (χ4n) is 8.01. The smallest absolute Gasteiger partial charge is 0.159 e. The third kappa shape index (κ3) is 3.60. The van der Waals surface area contributed by atoms with E-state index in [1.165, 1.54) is 24.8 Å². The first-order valence-corrected chi connectivity index (χ1v) is 13.0. The van der Waals surface area contributed by atoms with Crippen molar-refractivity contribution in [1.29, 1.82) is 0 Å². The van der Waals surface area contributed by atoms with Gasteiger partial charge in [0.25, 0.3) is 0 Å². The van der Waals surface area contributed by atoms with Gasteiger partial charge in [-0.2, -0.15) is 0 Å². The molecule has 0 unspecified atom stereocenters. The van der Waals surface area contributed by atoms with Gasteiger partial charge in [-0.25, -0.2) is 0 Å². The molecule has 0 saturated heterocycles. The van der Waals surface area contributed by atoms with Gasteiger partial charge >= 0.3 is 0 Å². The Morgan fingerprint density at radius 2 is 1.97 bits per heavy atom. The predicted octanol–water partition coefficient (Wildman–Crippen LogP) is 6.97. The molecule has 1 aromatic carbocycles. The molecule has 0 aliphatic heterocycles. The van der Waals surface area contributed by atoms with E-state index in [1.54, 1.807) is 0 Å². The molecule has 1 aromatic rings. The van der Waals surface area contributed by atoms with Crippen molar-refractivity contribution in [2.45, 2.75) is 71.3 Å². The number of halogens is 1. The minimum Gasteiger partial charge on any atom is -0.393 e. The normalized spacial score (nSPS) is 41.9. The lowest BCUT2D eigenvalue weighted by atomic mass is 9.47. The Kier molecular flexibility index (Phi) is 5.58. The van der Waals surface area contributed by atoms with Gasteiger partial charge in [-0.05, 0) is 104 Å². The maximum atomic E-state index is 13.3. The van der Waals surface area contributed by atoms with Crippen molar-refractivity contribution < 1.29 is 9.90 Å². The van der Waals surface area contributed by atoms with Crippen LogP contribution in [-0.4, -0.2) is 17.0 Å². The molecular formula is C28H35BrO2. The van der Waals surface area contributed by atoms with E-state index in [4.69, 9.17) is 0 Å². The summed E-state index contributed by atoms with van der Waals surface area (Å²) in [6.45, 7) is 4.89. The van der Waals surface area contributed by atoms with Crippen molar-refractivity contribution in [3.8, 4) is 0 Å². The number of aliphatic hydroxyl groups excluding tert-OH is 1. The molecule has 166 valence electrons. The average Bonchev–Trinajstić information content (AvgIpc) is 3.10. The topological polar surface area (TPSA) is 37.3 Å². The van der Waals surface area contributed by atoms with E-state index in [9.17, 15) is 9.90 Å². The number of carbonyl (C=O) groups is 1. The van der Waals surface area contributed by atoms with Crippen molar-refractivity contribution in [3.05, 3.63) is 52.0 Å². The van der Waals surface area contributed by atoms with Crippen LogP contribution >= 0.6 is 15.9 Å². The molecule has 0 bridgehead atoms. The van der Waals surface area contributed by atoms with Gasteiger partial charge in [-0.15, -0.1) is 0 Å². The first-order valence-electron chi connectivity index (χ1n) is 12.2. The lowest BCUT2D eigenvalue weighted by molar-refractivity contribution is -0.124. The number of hydrogen-bond donors (Lipinski definition) is 1. The van der Waals surface area contributed by atoms with Crippen molar-refractivity contribution >= 4 is 27.8 Å². The molecule has 4 aliphatic rings. The van der Waals surface area contributed by atoms with Gasteiger partial charge in [0.2, 0.25) is 0 Å². The van der Waals surface area contributed by atoms with Gasteiger partial charge < -0.3 is 5.11 Å². The first kappa shape index (κ1) is 21.6. The molecule has 1 N–H and O–H groups in total. The summed E-state index contributed by atoms with van der Waals surface area (Å²) in [6.07, 6.45) is 14.9. The van der Waals surface area contributed by atoms with Gasteiger partial charge in [-0.3, -0.25) is 4.79 Å². The molecule has 3 saturated carbocycles. The van der Waals surface area contributed by atoms with Crippen LogP contribution in [0.3, 0.4) is 0 Å². The SMILES string of the molecule is C[C@]12CC[C@H]3[C@@H](CC=C4C[C@@H](O)CC[C@@]43C)[C@@H]1CC[C@@H]2C(=O)/C=C/c1cccc(Br)c1. The molecule has 0 heterocycles. The third-order valence-corrected chi connectivity index (χ3v) is 10.2. The molecule has 0 aromatic heterocycles. The zero-order valence-corrected chi connectivity index (χ0v) is 20.4. The Balaban J connectivity index is 1.36. The Bertz CT molecular complexity index is 933. The highest BCUT2D eigenvalue weighted by molar-refractivity contribution is 9.10. The number of fused-ring (bicyclic) bond motifs is 5.